The van der Waals surface area contributed by atoms with Gasteiger partial charge in [-0.05, 0) is 40.6 Å². The van der Waals surface area contributed by atoms with Crippen LogP contribution in [0, 0.1) is 10.1 Å². The molecule has 34 heavy (non-hydrogen) atoms. The van der Waals surface area contributed by atoms with Gasteiger partial charge in [-0.15, -0.1) is 0 Å². The second-order valence-corrected chi connectivity index (χ2v) is 8.43. The van der Waals surface area contributed by atoms with Gasteiger partial charge in [-0.3, -0.25) is 24.8 Å². The molecule has 9 heteroatoms. The number of ether oxygens (including phenoxy) is 1. The summed E-state index contributed by atoms with van der Waals surface area (Å²) < 4.78 is 5.07. The second-order valence-electron chi connectivity index (χ2n) is 7.42. The summed E-state index contributed by atoms with van der Waals surface area (Å²) in [6.07, 6.45) is 1.55. The zero-order chi connectivity index (χ0) is 24.1. The Morgan fingerprint density at radius 3 is 2.35 bits per heavy atom. The van der Waals surface area contributed by atoms with Crippen LogP contribution >= 0.6 is 11.8 Å². The van der Waals surface area contributed by atoms with Gasteiger partial charge >= 0.3 is 5.69 Å². The Morgan fingerprint density at radius 2 is 1.74 bits per heavy atom. The second kappa shape index (κ2) is 10.2. The summed E-state index contributed by atoms with van der Waals surface area (Å²) in [4.78, 5) is 30.6. The summed E-state index contributed by atoms with van der Waals surface area (Å²) >= 11 is 1.21. The fraction of sp³-hybridized carbons (Fsp3) is 0.120. The predicted molar refractivity (Wildman–Crippen MR) is 131 cm³/mol. The smallest absolute Gasteiger partial charge is 0.315 e. The molecule has 1 fully saturated rings. The van der Waals surface area contributed by atoms with Crippen LogP contribution < -0.4 is 4.74 Å². The van der Waals surface area contributed by atoms with E-state index in [0.717, 1.165) is 11.1 Å². The Labute approximate surface area is 200 Å². The number of rotatable bonds is 7. The molecular weight excluding hydrogens is 454 g/mol. The average molecular weight is 476 g/mol. The average Bonchev–Trinajstić information content (AvgIpc) is 3.13. The van der Waals surface area contributed by atoms with Crippen LogP contribution in [0.3, 0.4) is 0 Å². The van der Waals surface area contributed by atoms with E-state index in [4.69, 9.17) is 4.74 Å². The fourth-order valence-electron chi connectivity index (χ4n) is 3.42. The van der Waals surface area contributed by atoms with E-state index in [9.17, 15) is 20.0 Å². The summed E-state index contributed by atoms with van der Waals surface area (Å²) in [6.45, 7) is 0.754. The van der Waals surface area contributed by atoms with Gasteiger partial charge in [0.25, 0.3) is 5.91 Å². The van der Waals surface area contributed by atoms with Crippen LogP contribution in [-0.2, 0) is 17.9 Å². The zero-order valence-corrected chi connectivity index (χ0v) is 19.1. The van der Waals surface area contributed by atoms with Gasteiger partial charge in [0, 0.05) is 6.07 Å². The lowest BCUT2D eigenvalue weighted by Gasteiger charge is -2.15. The number of methoxy groups -OCH3 is 1. The Balaban J connectivity index is 1.70. The van der Waals surface area contributed by atoms with Crippen LogP contribution in [0.4, 0.5) is 5.69 Å². The lowest BCUT2D eigenvalue weighted by molar-refractivity contribution is -0.386. The number of thioether (sulfide) groups is 1. The molecule has 1 aliphatic heterocycles. The zero-order valence-electron chi connectivity index (χ0n) is 18.2. The number of carbonyl (C=O) groups is 1. The topological polar surface area (TPSA) is 105 Å². The largest absolute Gasteiger partial charge is 0.500 e. The standard InChI is InChI=1S/C25H21N3O5S/c1-33-21-13-19(12-20(23(21)29)28(31)32)14-22-24(30)27(16-18-10-6-3-7-11-18)25(34-22)26-15-17-8-4-2-5-9-17/h2-14,29H,15-16H2,1H3. The molecular formula is C25H21N3O5S. The number of nitrogens with zero attached hydrogens (tertiary/aromatic N) is 3. The number of carbonyl (C=O) groups excluding carboxylic acids is 1. The van der Waals surface area contributed by atoms with Crippen LogP contribution in [0.1, 0.15) is 16.7 Å². The van der Waals surface area contributed by atoms with Crippen LogP contribution in [0.2, 0.25) is 0 Å². The first-order chi connectivity index (χ1) is 16.5. The number of nitro benzene ring substituents is 1. The molecule has 4 rings (SSSR count). The molecule has 172 valence electrons. The van der Waals surface area contributed by atoms with Crippen molar-refractivity contribution in [2.24, 2.45) is 4.99 Å². The number of hydrogen-bond donors (Lipinski definition) is 1. The molecule has 1 heterocycles. The van der Waals surface area contributed by atoms with Gasteiger partial charge in [-0.2, -0.15) is 0 Å². The highest BCUT2D eigenvalue weighted by Crippen LogP contribution is 2.39. The Kier molecular flexibility index (Phi) is 6.93. The summed E-state index contributed by atoms with van der Waals surface area (Å²) in [7, 11) is 1.31. The molecule has 1 N–H and O–H groups in total. The van der Waals surface area contributed by atoms with Crippen molar-refractivity contribution in [1.29, 1.82) is 0 Å². The number of aliphatic imine (C=N–C) groups is 1. The number of amidine groups is 1. The van der Waals surface area contributed by atoms with E-state index < -0.39 is 16.4 Å². The monoisotopic (exact) mass is 475 g/mol. The van der Waals surface area contributed by atoms with E-state index in [1.165, 1.54) is 31.0 Å². The first-order valence-electron chi connectivity index (χ1n) is 10.4. The van der Waals surface area contributed by atoms with Crippen LogP contribution in [-0.4, -0.2) is 33.1 Å². The number of nitro groups is 1. The van der Waals surface area contributed by atoms with Crippen LogP contribution in [0.25, 0.3) is 6.08 Å². The maximum absolute atomic E-state index is 13.3. The lowest BCUT2D eigenvalue weighted by Crippen LogP contribution is -2.28. The number of phenolic OH excluding ortho intramolecular Hbond substituents is 1. The molecule has 0 spiro atoms. The molecule has 0 atom stereocenters. The SMILES string of the molecule is COc1cc(C=C2SC(=NCc3ccccc3)N(Cc3ccccc3)C2=O)cc([N+](=O)[O-])c1O. The minimum absolute atomic E-state index is 0.0457. The maximum Gasteiger partial charge on any atom is 0.315 e. The summed E-state index contributed by atoms with van der Waals surface area (Å²) in [5.74, 6) is -0.859. The first kappa shape index (κ1) is 23.1. The van der Waals surface area contributed by atoms with E-state index >= 15 is 0 Å². The molecule has 0 saturated carbocycles. The third-order valence-electron chi connectivity index (χ3n) is 5.10. The van der Waals surface area contributed by atoms with Crippen LogP contribution in [0.5, 0.6) is 11.5 Å². The van der Waals surface area contributed by atoms with Gasteiger partial charge in [-0.25, -0.2) is 0 Å². The normalized spacial score (nSPS) is 15.8. The molecule has 0 radical (unpaired) electrons. The first-order valence-corrected chi connectivity index (χ1v) is 11.2. The third kappa shape index (κ3) is 5.10. The molecule has 3 aromatic rings. The Hall–Kier alpha value is -4.11. The quantitative estimate of drug-likeness (QED) is 0.293. The van der Waals surface area contributed by atoms with Crippen molar-refractivity contribution in [2.75, 3.05) is 7.11 Å². The lowest BCUT2D eigenvalue weighted by atomic mass is 10.1. The molecule has 1 amide bonds. The number of aromatic hydroxyl groups is 1. The maximum atomic E-state index is 13.3. The van der Waals surface area contributed by atoms with E-state index in [0.29, 0.717) is 28.7 Å². The van der Waals surface area contributed by atoms with E-state index in [2.05, 4.69) is 4.99 Å². The molecule has 1 aliphatic rings. The van der Waals surface area contributed by atoms with Gasteiger partial charge in [0.15, 0.2) is 10.9 Å². The Bertz CT molecular complexity index is 1280. The van der Waals surface area contributed by atoms with Gasteiger partial charge in [-0.1, -0.05) is 60.7 Å². The van der Waals surface area contributed by atoms with E-state index in [-0.39, 0.29) is 11.7 Å². The van der Waals surface area contributed by atoms with E-state index in [1.807, 2.05) is 60.7 Å². The van der Waals surface area contributed by atoms with Crippen molar-refractivity contribution < 1.29 is 19.6 Å². The van der Waals surface area contributed by atoms with Crippen molar-refractivity contribution >= 4 is 34.6 Å². The minimum Gasteiger partial charge on any atom is -0.500 e. The molecule has 8 nitrogen and oxygen atoms in total. The summed E-state index contributed by atoms with van der Waals surface area (Å²) in [6, 6.07) is 22.0. The van der Waals surface area contributed by atoms with Gasteiger partial charge in [0.1, 0.15) is 0 Å². The molecule has 0 aliphatic carbocycles. The van der Waals surface area contributed by atoms with Crippen molar-refractivity contribution in [3.05, 3.63) is 105 Å². The number of amides is 1. The summed E-state index contributed by atoms with van der Waals surface area (Å²) in [5.41, 5.74) is 1.83. The van der Waals surface area contributed by atoms with Crippen molar-refractivity contribution in [3.8, 4) is 11.5 Å². The molecule has 1 saturated heterocycles. The van der Waals surface area contributed by atoms with Crippen molar-refractivity contribution in [3.63, 3.8) is 0 Å². The minimum atomic E-state index is -0.697. The predicted octanol–water partition coefficient (Wildman–Crippen LogP) is 4.98. The Morgan fingerprint density at radius 1 is 1.09 bits per heavy atom. The molecule has 0 aromatic heterocycles. The fourth-order valence-corrected chi connectivity index (χ4v) is 4.39. The molecule has 3 aromatic carbocycles. The number of benzene rings is 3. The van der Waals surface area contributed by atoms with Gasteiger partial charge < -0.3 is 9.84 Å². The van der Waals surface area contributed by atoms with E-state index in [1.54, 1.807) is 11.0 Å². The number of phenols is 1. The highest BCUT2D eigenvalue weighted by Gasteiger charge is 2.33. The molecule has 0 unspecified atom stereocenters. The molecule has 0 bridgehead atoms. The van der Waals surface area contributed by atoms with Crippen molar-refractivity contribution in [1.82, 2.24) is 4.90 Å². The van der Waals surface area contributed by atoms with Crippen molar-refractivity contribution in [2.45, 2.75) is 13.1 Å². The van der Waals surface area contributed by atoms with Gasteiger partial charge in [0.2, 0.25) is 5.75 Å². The summed E-state index contributed by atoms with van der Waals surface area (Å²) in [5, 5.41) is 21.9. The number of hydrogen-bond acceptors (Lipinski definition) is 7. The third-order valence-corrected chi connectivity index (χ3v) is 6.15. The van der Waals surface area contributed by atoms with Crippen LogP contribution in [0.15, 0.2) is 82.7 Å². The highest BCUT2D eigenvalue weighted by molar-refractivity contribution is 8.18. The van der Waals surface area contributed by atoms with Gasteiger partial charge in [0.05, 0.1) is 30.0 Å². The highest BCUT2D eigenvalue weighted by atomic mass is 32.2.